The molecule has 0 N–H and O–H groups in total. The van der Waals surface area contributed by atoms with Crippen molar-refractivity contribution in [3.05, 3.63) is 5.21 Å². The lowest BCUT2D eigenvalue weighted by Crippen LogP contribution is -2.18. The molecule has 122 valence electrons. The van der Waals surface area contributed by atoms with E-state index in [1.54, 1.807) is 0 Å². The molecule has 0 unspecified atom stereocenters. The molecule has 0 atom stereocenters. The fourth-order valence-corrected chi connectivity index (χ4v) is 2.60. The van der Waals surface area contributed by atoms with E-state index in [9.17, 15) is 5.21 Å². The van der Waals surface area contributed by atoms with Crippen LogP contribution in [0.3, 0.4) is 0 Å². The molecule has 0 saturated carbocycles. The average molecular weight is 285 g/mol. The monoisotopic (exact) mass is 284 g/mol. The van der Waals surface area contributed by atoms with Crippen LogP contribution in [0.4, 0.5) is 0 Å². The molecule has 0 aliphatic heterocycles. The van der Waals surface area contributed by atoms with Crippen molar-refractivity contribution in [2.75, 3.05) is 13.1 Å². The summed E-state index contributed by atoms with van der Waals surface area (Å²) in [6.07, 6.45) is 18.1. The number of nitrogens with zero attached hydrogens (tertiary/aromatic N) is 1. The maximum Gasteiger partial charge on any atom is -0.0145 e. The van der Waals surface area contributed by atoms with Gasteiger partial charge in [0.25, 0.3) is 0 Å². The summed E-state index contributed by atoms with van der Waals surface area (Å²) in [6.45, 7) is 6.01. The van der Waals surface area contributed by atoms with Crippen LogP contribution in [0.5, 0.6) is 0 Å². The highest BCUT2D eigenvalue weighted by Gasteiger charge is 1.95. The molecule has 0 aromatic carbocycles. The zero-order valence-electron chi connectivity index (χ0n) is 14.2. The van der Waals surface area contributed by atoms with Crippen LogP contribution in [0.25, 0.3) is 0 Å². The van der Waals surface area contributed by atoms with Gasteiger partial charge >= 0.3 is 0 Å². The van der Waals surface area contributed by atoms with Crippen LogP contribution in [-0.4, -0.2) is 18.2 Å². The van der Waals surface area contributed by atoms with Crippen LogP contribution in [0, 0.1) is 5.21 Å². The van der Waals surface area contributed by atoms with Crippen molar-refractivity contribution in [2.45, 2.75) is 104 Å². The normalized spacial score (nSPS) is 11.4. The number of unbranched alkanes of at least 4 members (excludes halogenated alkanes) is 12. The molecule has 0 aliphatic rings. The number of hydrogen-bond donors (Lipinski definition) is 0. The van der Waals surface area contributed by atoms with Gasteiger partial charge in [-0.05, 0) is 25.9 Å². The van der Waals surface area contributed by atoms with Gasteiger partial charge in [0.1, 0.15) is 0 Å². The predicted molar refractivity (Wildman–Crippen MR) is 90.9 cm³/mol. The van der Waals surface area contributed by atoms with Gasteiger partial charge in [-0.25, -0.2) is 0 Å². The molecule has 20 heavy (non-hydrogen) atoms. The Balaban J connectivity index is 3.11. The molecule has 0 saturated heterocycles. The zero-order chi connectivity index (χ0) is 14.9. The van der Waals surface area contributed by atoms with E-state index < -0.39 is 0 Å². The first-order valence-corrected chi connectivity index (χ1v) is 9.23. The summed E-state index contributed by atoms with van der Waals surface area (Å²) in [4.78, 5) is 0. The Labute approximate surface area is 127 Å². The quantitative estimate of drug-likeness (QED) is 0.246. The number of hydrogen-bond acceptors (Lipinski definition) is 2. The van der Waals surface area contributed by atoms with E-state index in [1.165, 1.54) is 82.1 Å². The molecular formula is C18H38NO-. The molecule has 0 bridgehead atoms. The molecule has 0 amide bonds. The molecule has 0 aliphatic carbocycles. The van der Waals surface area contributed by atoms with Crippen LogP contribution in [-0.2, 0) is 0 Å². The molecule has 0 radical (unpaired) electrons. The van der Waals surface area contributed by atoms with E-state index in [2.05, 4.69) is 13.8 Å². The summed E-state index contributed by atoms with van der Waals surface area (Å²) in [5, 5.41) is 12.9. The van der Waals surface area contributed by atoms with Gasteiger partial charge in [-0.15, -0.1) is 0 Å². The van der Waals surface area contributed by atoms with Crippen LogP contribution in [0.2, 0.25) is 0 Å². The van der Waals surface area contributed by atoms with Crippen LogP contribution >= 0.6 is 0 Å². The van der Waals surface area contributed by atoms with Gasteiger partial charge in [0, 0.05) is 0 Å². The third-order valence-electron chi connectivity index (χ3n) is 4.02. The summed E-state index contributed by atoms with van der Waals surface area (Å²) in [6, 6.07) is 0. The minimum Gasteiger partial charge on any atom is -0.785 e. The fourth-order valence-electron chi connectivity index (χ4n) is 2.60. The van der Waals surface area contributed by atoms with Gasteiger partial charge in [0.15, 0.2) is 0 Å². The van der Waals surface area contributed by atoms with Crippen molar-refractivity contribution in [3.8, 4) is 0 Å². The third-order valence-corrected chi connectivity index (χ3v) is 4.02. The Morgan fingerprint density at radius 3 is 1.15 bits per heavy atom. The second-order valence-corrected chi connectivity index (χ2v) is 6.17. The molecule has 2 nitrogen and oxygen atoms in total. The maximum atomic E-state index is 11.6. The summed E-state index contributed by atoms with van der Waals surface area (Å²) < 4.78 is 0. The Morgan fingerprint density at radius 1 is 0.500 bits per heavy atom. The fraction of sp³-hybridized carbons (Fsp3) is 1.00. The molecule has 0 aromatic rings. The molecule has 0 spiro atoms. The average Bonchev–Trinajstić information content (AvgIpc) is 2.45. The lowest BCUT2D eigenvalue weighted by Gasteiger charge is -2.27. The molecule has 0 rings (SSSR count). The van der Waals surface area contributed by atoms with E-state index in [0.29, 0.717) is 0 Å². The van der Waals surface area contributed by atoms with Crippen LogP contribution in [0.15, 0.2) is 0 Å². The molecule has 2 heteroatoms. The Morgan fingerprint density at radius 2 is 0.800 bits per heavy atom. The maximum absolute atomic E-state index is 11.6. The zero-order valence-corrected chi connectivity index (χ0v) is 14.2. The van der Waals surface area contributed by atoms with Crippen LogP contribution in [0.1, 0.15) is 104 Å². The van der Waals surface area contributed by atoms with Crippen molar-refractivity contribution in [1.82, 2.24) is 5.06 Å². The third kappa shape index (κ3) is 16.0. The number of rotatable bonds is 16. The van der Waals surface area contributed by atoms with Crippen molar-refractivity contribution in [2.24, 2.45) is 0 Å². The Hall–Kier alpha value is -0.0800. The lowest BCUT2D eigenvalue weighted by molar-refractivity contribution is 0.350. The molecular weight excluding hydrogens is 246 g/mol. The summed E-state index contributed by atoms with van der Waals surface area (Å²) in [5.41, 5.74) is 0. The van der Waals surface area contributed by atoms with Gasteiger partial charge in [0.05, 0.1) is 0 Å². The second kappa shape index (κ2) is 17.0. The van der Waals surface area contributed by atoms with Gasteiger partial charge in [-0.1, -0.05) is 90.9 Å². The standard InChI is InChI=1S/C18H38NO/c1-3-5-7-9-11-13-15-17-19(20)18-16-14-12-10-8-6-4-2/h3-18H2,1-2H3/q-1. The minimum absolute atomic E-state index is 0.754. The first kappa shape index (κ1) is 19.9. The van der Waals surface area contributed by atoms with Gasteiger partial charge in [-0.3, -0.25) is 0 Å². The molecule has 0 heterocycles. The molecule has 0 aromatic heterocycles. The van der Waals surface area contributed by atoms with E-state index in [-0.39, 0.29) is 0 Å². The highest BCUT2D eigenvalue weighted by molar-refractivity contribution is 4.58. The highest BCUT2D eigenvalue weighted by atomic mass is 16.5. The van der Waals surface area contributed by atoms with E-state index >= 15 is 0 Å². The minimum atomic E-state index is 0.754. The second-order valence-electron chi connectivity index (χ2n) is 6.17. The van der Waals surface area contributed by atoms with Crippen LogP contribution < -0.4 is 0 Å². The summed E-state index contributed by atoms with van der Waals surface area (Å²) in [7, 11) is 0. The van der Waals surface area contributed by atoms with Gasteiger partial charge in [-0.2, -0.15) is 0 Å². The number of hydroxylamine groups is 2. The Bertz CT molecular complexity index is 155. The topological polar surface area (TPSA) is 26.3 Å². The van der Waals surface area contributed by atoms with Crippen molar-refractivity contribution in [3.63, 3.8) is 0 Å². The van der Waals surface area contributed by atoms with Gasteiger partial charge in [0.2, 0.25) is 0 Å². The van der Waals surface area contributed by atoms with E-state index in [1.807, 2.05) is 0 Å². The van der Waals surface area contributed by atoms with E-state index in [0.717, 1.165) is 25.9 Å². The predicted octanol–water partition coefficient (Wildman–Crippen LogP) is 6.29. The summed E-state index contributed by atoms with van der Waals surface area (Å²) >= 11 is 0. The first-order valence-electron chi connectivity index (χ1n) is 9.23. The van der Waals surface area contributed by atoms with Gasteiger partial charge < -0.3 is 10.3 Å². The molecule has 0 fully saturated rings. The summed E-state index contributed by atoms with van der Waals surface area (Å²) in [5.74, 6) is 0. The Kier molecular flexibility index (Phi) is 16.9. The largest absolute Gasteiger partial charge is 0.785 e. The highest BCUT2D eigenvalue weighted by Crippen LogP contribution is 2.09. The lowest BCUT2D eigenvalue weighted by atomic mass is 10.1. The van der Waals surface area contributed by atoms with Crippen molar-refractivity contribution in [1.29, 1.82) is 0 Å². The first-order chi connectivity index (χ1) is 9.81. The van der Waals surface area contributed by atoms with Crippen molar-refractivity contribution >= 4 is 0 Å². The van der Waals surface area contributed by atoms with Crippen molar-refractivity contribution < 1.29 is 0 Å². The SMILES string of the molecule is CCCCCCCCCN([O-])CCCCCCCCC. The smallest absolute Gasteiger partial charge is 0.0145 e. The van der Waals surface area contributed by atoms with E-state index in [4.69, 9.17) is 0 Å².